The third-order valence-electron chi connectivity index (χ3n) is 6.40. The van der Waals surface area contributed by atoms with Crippen LogP contribution < -0.4 is 19.1 Å². The minimum absolute atomic E-state index is 0.0150. The number of amides is 1. The van der Waals surface area contributed by atoms with Gasteiger partial charge >= 0.3 is 0 Å². The number of Topliss-reactive ketones (excluding diaryl/α,β-unsaturated/α-hetero) is 1. The second-order valence-corrected chi connectivity index (χ2v) is 8.78. The van der Waals surface area contributed by atoms with E-state index >= 15 is 0 Å². The highest BCUT2D eigenvalue weighted by molar-refractivity contribution is 6.20. The van der Waals surface area contributed by atoms with Crippen LogP contribution in [0.4, 0.5) is 5.69 Å². The van der Waals surface area contributed by atoms with E-state index in [9.17, 15) is 14.7 Å². The first-order valence-electron chi connectivity index (χ1n) is 12.2. The van der Waals surface area contributed by atoms with Crippen LogP contribution in [0.1, 0.15) is 35.5 Å². The molecule has 0 fully saturated rings. The van der Waals surface area contributed by atoms with Gasteiger partial charge in [-0.15, -0.1) is 0 Å². The molecule has 0 saturated heterocycles. The Morgan fingerprint density at radius 1 is 0.974 bits per heavy atom. The van der Waals surface area contributed by atoms with Gasteiger partial charge in [0.05, 0.1) is 32.4 Å². The molecule has 0 bridgehead atoms. The number of carbonyl (C=O) groups is 2. The molecular weight excluding hydrogens is 486 g/mol. The number of hydrogen-bond acceptors (Lipinski definition) is 7. The summed E-state index contributed by atoms with van der Waals surface area (Å²) < 4.78 is 22.3. The average molecular weight is 514 g/mol. The van der Waals surface area contributed by atoms with Gasteiger partial charge in [-0.25, -0.2) is 0 Å². The lowest BCUT2D eigenvalue weighted by molar-refractivity contribution is -0.117. The molecule has 8 nitrogen and oxygen atoms in total. The van der Waals surface area contributed by atoms with Crippen LogP contribution >= 0.6 is 0 Å². The predicted molar refractivity (Wildman–Crippen MR) is 142 cm³/mol. The molecule has 8 heteroatoms. The first kappa shape index (κ1) is 25.0. The van der Waals surface area contributed by atoms with Crippen molar-refractivity contribution in [3.63, 3.8) is 0 Å². The van der Waals surface area contributed by atoms with Gasteiger partial charge in [-0.3, -0.25) is 14.5 Å². The summed E-state index contributed by atoms with van der Waals surface area (Å²) in [7, 11) is 3.06. The Morgan fingerprint density at radius 2 is 1.74 bits per heavy atom. The summed E-state index contributed by atoms with van der Waals surface area (Å²) in [5, 5.41) is 11.7. The molecule has 0 saturated carbocycles. The van der Waals surface area contributed by atoms with Crippen LogP contribution in [0.15, 0.2) is 88.5 Å². The maximum atomic E-state index is 13.9. The van der Waals surface area contributed by atoms with Gasteiger partial charge in [0.1, 0.15) is 11.5 Å². The molecule has 38 heavy (non-hydrogen) atoms. The van der Waals surface area contributed by atoms with Crippen molar-refractivity contribution in [2.45, 2.75) is 19.4 Å². The van der Waals surface area contributed by atoms with Crippen molar-refractivity contribution in [2.24, 2.45) is 0 Å². The number of nitrogens with zero attached hydrogens (tertiary/aromatic N) is 1. The largest absolute Gasteiger partial charge is 0.503 e. The highest BCUT2D eigenvalue weighted by Crippen LogP contribution is 2.43. The summed E-state index contributed by atoms with van der Waals surface area (Å²) in [5.41, 5.74) is 1.41. The van der Waals surface area contributed by atoms with Crippen LogP contribution in [0, 0.1) is 0 Å². The molecule has 0 radical (unpaired) electrons. The lowest BCUT2D eigenvalue weighted by atomic mass is 9.94. The van der Waals surface area contributed by atoms with E-state index in [2.05, 4.69) is 0 Å². The van der Waals surface area contributed by atoms with Crippen molar-refractivity contribution in [3.8, 4) is 17.2 Å². The molecule has 2 heterocycles. The molecule has 3 aromatic carbocycles. The Bertz CT molecular complexity index is 1530. The van der Waals surface area contributed by atoms with E-state index in [1.165, 1.54) is 12.0 Å². The zero-order valence-electron chi connectivity index (χ0n) is 21.3. The van der Waals surface area contributed by atoms with E-state index in [-0.39, 0.29) is 11.3 Å². The molecular formula is C30H27NO7. The summed E-state index contributed by atoms with van der Waals surface area (Å²) in [5.74, 6) is -0.275. The highest BCUT2D eigenvalue weighted by Gasteiger charge is 2.45. The number of fused-ring (bicyclic) bond motifs is 1. The maximum absolute atomic E-state index is 13.9. The number of methoxy groups -OCH3 is 2. The monoisotopic (exact) mass is 513 g/mol. The number of anilines is 1. The Labute approximate surface area is 219 Å². The summed E-state index contributed by atoms with van der Waals surface area (Å²) in [4.78, 5) is 28.8. The van der Waals surface area contributed by atoms with Crippen molar-refractivity contribution in [1.29, 1.82) is 0 Å². The van der Waals surface area contributed by atoms with Crippen LogP contribution in [-0.2, 0) is 4.79 Å². The molecule has 0 spiro atoms. The van der Waals surface area contributed by atoms with Crippen molar-refractivity contribution in [2.75, 3.05) is 25.7 Å². The second kappa shape index (κ2) is 10.3. The third-order valence-corrected chi connectivity index (χ3v) is 6.40. The fourth-order valence-corrected chi connectivity index (χ4v) is 4.60. The van der Waals surface area contributed by atoms with E-state index in [0.717, 1.165) is 6.42 Å². The topological polar surface area (TPSA) is 98.4 Å². The number of benzene rings is 3. The summed E-state index contributed by atoms with van der Waals surface area (Å²) in [6.07, 6.45) is 0.823. The maximum Gasteiger partial charge on any atom is 0.294 e. The molecule has 0 aliphatic carbocycles. The van der Waals surface area contributed by atoms with Crippen LogP contribution in [0.5, 0.6) is 17.2 Å². The van der Waals surface area contributed by atoms with Gasteiger partial charge in [-0.2, -0.15) is 0 Å². The first-order valence-corrected chi connectivity index (χ1v) is 12.2. The lowest BCUT2D eigenvalue weighted by Crippen LogP contribution is -2.31. The standard InChI is InChI=1S/C30H27NO7/c1-4-15-37-22-9-5-7-18(16-22)26-25(27(32)24-17-19-8-6-10-23(36-3)29(19)38-24)28(33)30(34)31(26)20-11-13-21(35-2)14-12-20/h5-14,16-17,26,33H,4,15H2,1-3H3. The first-order chi connectivity index (χ1) is 18.5. The van der Waals surface area contributed by atoms with Gasteiger partial charge in [-0.1, -0.05) is 31.2 Å². The number of carbonyl (C=O) groups excluding carboxylic acids is 2. The minimum Gasteiger partial charge on any atom is -0.503 e. The van der Waals surface area contributed by atoms with E-state index in [1.807, 2.05) is 13.0 Å². The Hall–Kier alpha value is -4.72. The van der Waals surface area contributed by atoms with Crippen molar-refractivity contribution in [3.05, 3.63) is 95.5 Å². The number of para-hydroxylation sites is 1. The van der Waals surface area contributed by atoms with Gasteiger partial charge < -0.3 is 23.7 Å². The summed E-state index contributed by atoms with van der Waals surface area (Å²) in [6.45, 7) is 2.52. The zero-order chi connectivity index (χ0) is 26.8. The van der Waals surface area contributed by atoms with Crippen LogP contribution in [-0.4, -0.2) is 37.6 Å². The van der Waals surface area contributed by atoms with E-state index in [4.69, 9.17) is 18.6 Å². The van der Waals surface area contributed by atoms with Crippen LogP contribution in [0.25, 0.3) is 11.0 Å². The van der Waals surface area contributed by atoms with Crippen LogP contribution in [0.2, 0.25) is 0 Å². The molecule has 1 aromatic heterocycles. The zero-order valence-corrected chi connectivity index (χ0v) is 21.3. The molecule has 5 rings (SSSR count). The number of ether oxygens (including phenoxy) is 3. The Kier molecular flexibility index (Phi) is 6.79. The SMILES string of the molecule is CCCOc1cccc(C2C(C(=O)c3cc4cccc(OC)c4o3)=C(O)C(=O)N2c2ccc(OC)cc2)c1. The van der Waals surface area contributed by atoms with Crippen molar-refractivity contribution in [1.82, 2.24) is 0 Å². The average Bonchev–Trinajstić information content (AvgIpc) is 3.51. The van der Waals surface area contributed by atoms with Gasteiger partial charge in [0, 0.05) is 11.1 Å². The van der Waals surface area contributed by atoms with Gasteiger partial charge in [0.15, 0.2) is 22.9 Å². The fraction of sp³-hybridized carbons (Fsp3) is 0.200. The van der Waals surface area contributed by atoms with E-state index in [0.29, 0.717) is 46.1 Å². The quantitative estimate of drug-likeness (QED) is 0.273. The number of ketones is 1. The third kappa shape index (κ3) is 4.34. The molecule has 1 N–H and O–H groups in total. The molecule has 1 unspecified atom stereocenters. The number of hydrogen-bond donors (Lipinski definition) is 1. The summed E-state index contributed by atoms with van der Waals surface area (Å²) in [6, 6.07) is 20.0. The lowest BCUT2D eigenvalue weighted by Gasteiger charge is -2.27. The van der Waals surface area contributed by atoms with Crippen LogP contribution in [0.3, 0.4) is 0 Å². The van der Waals surface area contributed by atoms with E-state index < -0.39 is 23.5 Å². The molecule has 1 aliphatic heterocycles. The molecule has 4 aromatic rings. The Balaban J connectivity index is 1.63. The predicted octanol–water partition coefficient (Wildman–Crippen LogP) is 6.02. The Morgan fingerprint density at radius 3 is 2.45 bits per heavy atom. The van der Waals surface area contributed by atoms with Crippen molar-refractivity contribution < 1.29 is 33.3 Å². The molecule has 1 amide bonds. The molecule has 1 atom stereocenters. The van der Waals surface area contributed by atoms with Gasteiger partial charge in [0.2, 0.25) is 5.78 Å². The second-order valence-electron chi connectivity index (χ2n) is 8.78. The van der Waals surface area contributed by atoms with E-state index in [1.54, 1.807) is 73.8 Å². The highest BCUT2D eigenvalue weighted by atomic mass is 16.5. The molecule has 194 valence electrons. The van der Waals surface area contributed by atoms with Gasteiger partial charge in [0.25, 0.3) is 5.91 Å². The van der Waals surface area contributed by atoms with Crippen molar-refractivity contribution >= 4 is 28.3 Å². The number of rotatable bonds is 9. The molecule has 1 aliphatic rings. The minimum atomic E-state index is -0.927. The number of furan rings is 1. The number of aliphatic hydroxyl groups excluding tert-OH is 1. The summed E-state index contributed by atoms with van der Waals surface area (Å²) >= 11 is 0. The fourth-order valence-electron chi connectivity index (χ4n) is 4.60. The smallest absolute Gasteiger partial charge is 0.294 e. The van der Waals surface area contributed by atoms with Gasteiger partial charge in [-0.05, 0) is 60.5 Å². The normalized spacial score (nSPS) is 15.3. The number of aliphatic hydroxyl groups is 1.